The Bertz CT molecular complexity index is 769. The molecule has 2 rings (SSSR count). The van der Waals surface area contributed by atoms with Crippen LogP contribution in [-0.4, -0.2) is 34.9 Å². The van der Waals surface area contributed by atoms with E-state index in [1.807, 2.05) is 61.5 Å². The Kier molecular flexibility index (Phi) is 7.20. The third-order valence-corrected chi connectivity index (χ3v) is 5.98. The number of hydrogen-bond acceptors (Lipinski definition) is 4. The number of ether oxygens (including phenoxy) is 2. The van der Waals surface area contributed by atoms with Crippen molar-refractivity contribution in [3.8, 4) is 5.75 Å². The van der Waals surface area contributed by atoms with Gasteiger partial charge >= 0.3 is 0 Å². The van der Waals surface area contributed by atoms with E-state index in [0.717, 1.165) is 16.9 Å². The summed E-state index contributed by atoms with van der Waals surface area (Å²) in [4.78, 5) is 0. The van der Waals surface area contributed by atoms with Gasteiger partial charge in [0.15, 0.2) is 0 Å². The minimum atomic E-state index is -3.42. The van der Waals surface area contributed by atoms with Crippen molar-refractivity contribution < 1.29 is 17.9 Å². The minimum Gasteiger partial charge on any atom is -0.497 e. The SMILES string of the molecule is CC[C@](CNS(=O)(=O)CCc1ccc(OC)cc1)(OC)c1ccccc1. The van der Waals surface area contributed by atoms with Crippen LogP contribution >= 0.6 is 0 Å². The van der Waals surface area contributed by atoms with Crippen LogP contribution in [0.2, 0.25) is 0 Å². The largest absolute Gasteiger partial charge is 0.497 e. The first-order valence-electron chi connectivity index (χ1n) is 8.65. The van der Waals surface area contributed by atoms with E-state index in [1.54, 1.807) is 14.2 Å². The first-order valence-corrected chi connectivity index (χ1v) is 10.3. The second-order valence-electron chi connectivity index (χ2n) is 6.16. The fourth-order valence-corrected chi connectivity index (χ4v) is 3.95. The van der Waals surface area contributed by atoms with E-state index < -0.39 is 15.6 Å². The molecule has 2 aromatic carbocycles. The number of rotatable bonds is 10. The van der Waals surface area contributed by atoms with Gasteiger partial charge in [-0.1, -0.05) is 49.4 Å². The van der Waals surface area contributed by atoms with Crippen molar-refractivity contribution in [3.63, 3.8) is 0 Å². The van der Waals surface area contributed by atoms with E-state index >= 15 is 0 Å². The van der Waals surface area contributed by atoms with Crippen molar-refractivity contribution in [1.82, 2.24) is 4.72 Å². The van der Waals surface area contributed by atoms with Crippen LogP contribution in [0.3, 0.4) is 0 Å². The molecule has 0 aliphatic heterocycles. The molecular formula is C20H27NO4S. The van der Waals surface area contributed by atoms with Crippen LogP contribution in [0.5, 0.6) is 5.75 Å². The predicted octanol–water partition coefficient (Wildman–Crippen LogP) is 3.11. The van der Waals surface area contributed by atoms with Crippen LogP contribution in [0, 0.1) is 0 Å². The summed E-state index contributed by atoms with van der Waals surface area (Å²) in [6.45, 7) is 2.19. The number of aryl methyl sites for hydroxylation is 1. The highest BCUT2D eigenvalue weighted by Gasteiger charge is 2.31. The van der Waals surface area contributed by atoms with Gasteiger partial charge in [0.25, 0.3) is 0 Å². The molecule has 0 heterocycles. The molecular weight excluding hydrogens is 350 g/mol. The lowest BCUT2D eigenvalue weighted by atomic mass is 9.91. The van der Waals surface area contributed by atoms with E-state index in [-0.39, 0.29) is 12.3 Å². The van der Waals surface area contributed by atoms with E-state index in [9.17, 15) is 8.42 Å². The van der Waals surface area contributed by atoms with Gasteiger partial charge in [0.1, 0.15) is 11.4 Å². The molecule has 5 nitrogen and oxygen atoms in total. The summed E-state index contributed by atoms with van der Waals surface area (Å²) in [5.74, 6) is 0.780. The first-order chi connectivity index (χ1) is 12.4. The Hall–Kier alpha value is -1.89. The summed E-state index contributed by atoms with van der Waals surface area (Å²) < 4.78 is 38.4. The second kappa shape index (κ2) is 9.16. The lowest BCUT2D eigenvalue weighted by molar-refractivity contribution is -0.0133. The van der Waals surface area contributed by atoms with Crippen LogP contribution in [0.25, 0.3) is 0 Å². The van der Waals surface area contributed by atoms with Crippen molar-refractivity contribution in [2.75, 3.05) is 26.5 Å². The molecule has 2 aromatic rings. The van der Waals surface area contributed by atoms with Crippen LogP contribution in [-0.2, 0) is 26.8 Å². The van der Waals surface area contributed by atoms with Crippen molar-refractivity contribution in [3.05, 3.63) is 65.7 Å². The van der Waals surface area contributed by atoms with Crippen LogP contribution in [0.1, 0.15) is 24.5 Å². The zero-order chi connectivity index (χ0) is 19.0. The molecule has 0 aliphatic carbocycles. The number of hydrogen-bond donors (Lipinski definition) is 1. The maximum Gasteiger partial charge on any atom is 0.212 e. The fraction of sp³-hybridized carbons (Fsp3) is 0.400. The normalized spacial score (nSPS) is 14.0. The minimum absolute atomic E-state index is 0.0254. The monoisotopic (exact) mass is 377 g/mol. The highest BCUT2D eigenvalue weighted by atomic mass is 32.2. The molecule has 0 saturated heterocycles. The molecule has 0 amide bonds. The molecule has 0 radical (unpaired) electrons. The Balaban J connectivity index is 2.00. The van der Waals surface area contributed by atoms with Gasteiger partial charge < -0.3 is 9.47 Å². The van der Waals surface area contributed by atoms with Crippen molar-refractivity contribution >= 4 is 10.0 Å². The van der Waals surface area contributed by atoms with E-state index in [0.29, 0.717) is 12.8 Å². The summed E-state index contributed by atoms with van der Waals surface area (Å²) in [5, 5.41) is 0. The molecule has 26 heavy (non-hydrogen) atoms. The van der Waals surface area contributed by atoms with Gasteiger partial charge in [0, 0.05) is 13.7 Å². The quantitative estimate of drug-likeness (QED) is 0.691. The zero-order valence-electron chi connectivity index (χ0n) is 15.6. The Morgan fingerprint density at radius 1 is 1.00 bits per heavy atom. The van der Waals surface area contributed by atoms with E-state index in [4.69, 9.17) is 9.47 Å². The number of benzene rings is 2. The summed E-state index contributed by atoms with van der Waals surface area (Å²) in [6, 6.07) is 17.1. The molecule has 0 bridgehead atoms. The molecule has 6 heteroatoms. The van der Waals surface area contributed by atoms with Gasteiger partial charge in [-0.15, -0.1) is 0 Å². The standard InChI is InChI=1S/C20H27NO4S/c1-4-20(25-3,18-8-6-5-7-9-18)16-21-26(22,23)15-14-17-10-12-19(24-2)13-11-17/h5-13,21H,4,14-16H2,1-3H3/t20-/m1/s1. The molecule has 0 unspecified atom stereocenters. The molecule has 1 N–H and O–H groups in total. The Morgan fingerprint density at radius 3 is 2.19 bits per heavy atom. The van der Waals surface area contributed by atoms with Crippen LogP contribution in [0.15, 0.2) is 54.6 Å². The van der Waals surface area contributed by atoms with Crippen molar-refractivity contribution in [2.24, 2.45) is 0 Å². The average molecular weight is 378 g/mol. The van der Waals surface area contributed by atoms with Gasteiger partial charge in [-0.05, 0) is 36.1 Å². The molecule has 1 atom stereocenters. The van der Waals surface area contributed by atoms with Gasteiger partial charge in [0.2, 0.25) is 10.0 Å². The molecule has 0 saturated carbocycles. The van der Waals surface area contributed by atoms with Crippen LogP contribution < -0.4 is 9.46 Å². The summed E-state index contributed by atoms with van der Waals surface area (Å²) in [5.41, 5.74) is 1.24. The number of nitrogens with one attached hydrogen (secondary N) is 1. The molecule has 0 spiro atoms. The van der Waals surface area contributed by atoms with E-state index in [2.05, 4.69) is 4.72 Å². The zero-order valence-corrected chi connectivity index (χ0v) is 16.4. The fourth-order valence-electron chi connectivity index (χ4n) is 2.85. The molecule has 0 fully saturated rings. The maximum atomic E-state index is 12.4. The topological polar surface area (TPSA) is 64.6 Å². The van der Waals surface area contributed by atoms with Crippen LogP contribution in [0.4, 0.5) is 0 Å². The van der Waals surface area contributed by atoms with Gasteiger partial charge in [0.05, 0.1) is 12.9 Å². The van der Waals surface area contributed by atoms with E-state index in [1.165, 1.54) is 0 Å². The summed E-state index contributed by atoms with van der Waals surface area (Å²) in [6.07, 6.45) is 1.10. The first kappa shape index (κ1) is 20.4. The lowest BCUT2D eigenvalue weighted by Gasteiger charge is -2.32. The average Bonchev–Trinajstić information content (AvgIpc) is 2.69. The number of sulfonamides is 1. The summed E-state index contributed by atoms with van der Waals surface area (Å²) in [7, 11) is -0.202. The maximum absolute atomic E-state index is 12.4. The highest BCUT2D eigenvalue weighted by Crippen LogP contribution is 2.28. The molecule has 142 valence electrons. The van der Waals surface area contributed by atoms with Gasteiger partial charge in [-0.2, -0.15) is 0 Å². The summed E-state index contributed by atoms with van der Waals surface area (Å²) >= 11 is 0. The number of methoxy groups -OCH3 is 2. The van der Waals surface area contributed by atoms with Gasteiger partial charge in [-0.3, -0.25) is 0 Å². The van der Waals surface area contributed by atoms with Crippen molar-refractivity contribution in [1.29, 1.82) is 0 Å². The lowest BCUT2D eigenvalue weighted by Crippen LogP contribution is -2.42. The van der Waals surface area contributed by atoms with Gasteiger partial charge in [-0.25, -0.2) is 13.1 Å². The smallest absolute Gasteiger partial charge is 0.212 e. The predicted molar refractivity (Wildman–Crippen MR) is 104 cm³/mol. The Morgan fingerprint density at radius 2 is 1.65 bits per heavy atom. The third kappa shape index (κ3) is 5.30. The highest BCUT2D eigenvalue weighted by molar-refractivity contribution is 7.89. The Labute approximate surface area is 156 Å². The van der Waals surface area contributed by atoms with Crippen molar-refractivity contribution in [2.45, 2.75) is 25.4 Å². The molecule has 0 aromatic heterocycles. The second-order valence-corrected chi connectivity index (χ2v) is 8.08. The molecule has 0 aliphatic rings. The third-order valence-electron chi connectivity index (χ3n) is 4.66.